The summed E-state index contributed by atoms with van der Waals surface area (Å²) in [6.45, 7) is 9.81. The molecule has 1 amide bonds. The van der Waals surface area contributed by atoms with Crippen molar-refractivity contribution >= 4 is 27.5 Å². The summed E-state index contributed by atoms with van der Waals surface area (Å²) in [4.78, 5) is 34.7. The summed E-state index contributed by atoms with van der Waals surface area (Å²) in [6, 6.07) is 0. The zero-order valence-electron chi connectivity index (χ0n) is 19.3. The number of rotatable bonds is 3. The molecule has 2 saturated heterocycles. The summed E-state index contributed by atoms with van der Waals surface area (Å²) in [7, 11) is 0. The molecule has 1 aliphatic carbocycles. The van der Waals surface area contributed by atoms with Gasteiger partial charge >= 0.3 is 0 Å². The van der Waals surface area contributed by atoms with Crippen molar-refractivity contribution in [3.8, 4) is 0 Å². The summed E-state index contributed by atoms with van der Waals surface area (Å²) < 4.78 is 13.1. The molecule has 0 aromatic carbocycles. The number of aryl methyl sites for hydroxylation is 2. The Kier molecular flexibility index (Phi) is 5.66. The summed E-state index contributed by atoms with van der Waals surface area (Å²) >= 11 is 1.68. The van der Waals surface area contributed by atoms with Crippen molar-refractivity contribution in [2.75, 3.05) is 26.3 Å². The predicted molar refractivity (Wildman–Crippen MR) is 124 cm³/mol. The lowest BCUT2D eigenvalue weighted by Crippen LogP contribution is -2.47. The van der Waals surface area contributed by atoms with Gasteiger partial charge in [-0.1, -0.05) is 20.8 Å². The predicted octanol–water partition coefficient (Wildman–Crippen LogP) is 3.36. The number of amides is 1. The molecular weight excluding hydrogens is 426 g/mol. The largest absolute Gasteiger partial charge is 0.347 e. The number of likely N-dealkylation sites (tertiary alicyclic amines) is 1. The molecule has 0 radical (unpaired) electrons. The first-order chi connectivity index (χ1) is 15.3. The molecule has 7 nitrogen and oxygen atoms in total. The first-order valence-corrected chi connectivity index (χ1v) is 12.6. The van der Waals surface area contributed by atoms with E-state index >= 15 is 0 Å². The number of ether oxygens (including phenoxy) is 2. The number of carbonyl (C=O) groups is 1. The lowest BCUT2D eigenvalue weighted by Gasteiger charge is -2.37. The number of fused-ring (bicyclic) bond motifs is 3. The van der Waals surface area contributed by atoms with Crippen LogP contribution in [-0.2, 0) is 33.7 Å². The smallest absolute Gasteiger partial charge is 0.262 e. The van der Waals surface area contributed by atoms with E-state index in [1.807, 2.05) is 4.90 Å². The molecular formula is C24H33N3O4S. The van der Waals surface area contributed by atoms with Gasteiger partial charge in [-0.3, -0.25) is 14.2 Å². The van der Waals surface area contributed by atoms with E-state index in [2.05, 4.69) is 25.8 Å². The second-order valence-electron chi connectivity index (χ2n) is 10.5. The Morgan fingerprint density at radius 3 is 2.66 bits per heavy atom. The van der Waals surface area contributed by atoms with E-state index in [1.165, 1.54) is 10.4 Å². The van der Waals surface area contributed by atoms with E-state index < -0.39 is 5.79 Å². The number of carbonyl (C=O) groups excluding carboxylic acids is 1. The zero-order valence-corrected chi connectivity index (χ0v) is 20.1. The van der Waals surface area contributed by atoms with Crippen LogP contribution in [0.5, 0.6) is 0 Å². The highest BCUT2D eigenvalue weighted by Crippen LogP contribution is 2.42. The molecule has 5 rings (SSSR count). The van der Waals surface area contributed by atoms with Crippen LogP contribution in [0.1, 0.15) is 56.9 Å². The average molecular weight is 460 g/mol. The van der Waals surface area contributed by atoms with Crippen LogP contribution in [0.15, 0.2) is 11.1 Å². The molecule has 4 heterocycles. The van der Waals surface area contributed by atoms with Crippen molar-refractivity contribution in [1.82, 2.24) is 14.5 Å². The van der Waals surface area contributed by atoms with Gasteiger partial charge in [-0.15, -0.1) is 11.3 Å². The first-order valence-electron chi connectivity index (χ1n) is 11.8. The number of piperidine rings is 1. The molecule has 32 heavy (non-hydrogen) atoms. The molecule has 1 atom stereocenters. The second kappa shape index (κ2) is 8.22. The molecule has 3 aliphatic rings. The average Bonchev–Trinajstić information content (AvgIpc) is 3.37. The highest BCUT2D eigenvalue weighted by Gasteiger charge is 2.40. The highest BCUT2D eigenvalue weighted by atomic mass is 32.1. The standard InChI is InChI=1S/C24H33N3O4S/c1-23(2,3)16-4-5-17-18(14-16)32-21-20(17)22(29)27(15-25-21)9-6-19(28)26-10-7-24(8-11-26)30-12-13-31-24/h15-16H,4-14H2,1-3H3. The number of hydrogen-bond acceptors (Lipinski definition) is 6. The molecule has 0 bridgehead atoms. The fourth-order valence-corrected chi connectivity index (χ4v) is 6.61. The van der Waals surface area contributed by atoms with E-state index in [1.54, 1.807) is 22.2 Å². The Bertz CT molecular complexity index is 1070. The molecule has 2 aromatic rings. The maximum atomic E-state index is 13.3. The highest BCUT2D eigenvalue weighted by molar-refractivity contribution is 7.18. The van der Waals surface area contributed by atoms with Crippen LogP contribution in [0, 0.1) is 11.3 Å². The molecule has 174 valence electrons. The molecule has 2 aliphatic heterocycles. The van der Waals surface area contributed by atoms with E-state index in [0.29, 0.717) is 58.0 Å². The van der Waals surface area contributed by atoms with Crippen molar-refractivity contribution in [3.05, 3.63) is 27.1 Å². The van der Waals surface area contributed by atoms with Crippen LogP contribution in [0.25, 0.3) is 10.2 Å². The minimum absolute atomic E-state index is 0.000128. The maximum Gasteiger partial charge on any atom is 0.262 e. The van der Waals surface area contributed by atoms with Gasteiger partial charge in [-0.05, 0) is 36.2 Å². The summed E-state index contributed by atoms with van der Waals surface area (Å²) in [5, 5.41) is 0.780. The first kappa shape index (κ1) is 22.0. The second-order valence-corrected chi connectivity index (χ2v) is 11.6. The van der Waals surface area contributed by atoms with E-state index in [4.69, 9.17) is 9.47 Å². The Hall–Kier alpha value is -1.77. The monoisotopic (exact) mass is 459 g/mol. The Labute approximate surface area is 192 Å². The lowest BCUT2D eigenvalue weighted by atomic mass is 9.72. The minimum atomic E-state index is -0.479. The third-order valence-corrected chi connectivity index (χ3v) is 8.68. The number of thiophene rings is 1. The van der Waals surface area contributed by atoms with Crippen molar-refractivity contribution in [2.45, 2.75) is 71.6 Å². The Morgan fingerprint density at radius 1 is 1.25 bits per heavy atom. The summed E-state index contributed by atoms with van der Waals surface area (Å²) in [5.41, 5.74) is 1.47. The molecule has 0 saturated carbocycles. The van der Waals surface area contributed by atoms with Crippen molar-refractivity contribution in [2.24, 2.45) is 11.3 Å². The molecule has 2 fully saturated rings. The van der Waals surface area contributed by atoms with Gasteiger partial charge in [0.15, 0.2) is 5.79 Å². The van der Waals surface area contributed by atoms with Crippen LogP contribution < -0.4 is 5.56 Å². The Morgan fingerprint density at radius 2 is 1.97 bits per heavy atom. The SMILES string of the molecule is CC(C)(C)C1CCc2c(sc3ncn(CCC(=O)N4CCC5(CC4)OCCO5)c(=O)c23)C1. The van der Waals surface area contributed by atoms with Crippen molar-refractivity contribution in [3.63, 3.8) is 0 Å². The van der Waals surface area contributed by atoms with Gasteiger partial charge in [-0.25, -0.2) is 4.98 Å². The van der Waals surface area contributed by atoms with Gasteiger partial charge in [0, 0.05) is 43.8 Å². The van der Waals surface area contributed by atoms with E-state index in [0.717, 1.165) is 29.5 Å². The maximum absolute atomic E-state index is 13.3. The molecule has 1 unspecified atom stereocenters. The third kappa shape index (κ3) is 4.01. The van der Waals surface area contributed by atoms with Gasteiger partial charge < -0.3 is 14.4 Å². The van der Waals surface area contributed by atoms with Crippen molar-refractivity contribution in [1.29, 1.82) is 0 Å². The summed E-state index contributed by atoms with van der Waals surface area (Å²) in [6.07, 6.45) is 6.43. The van der Waals surface area contributed by atoms with Crippen LogP contribution in [0.3, 0.4) is 0 Å². The van der Waals surface area contributed by atoms with Gasteiger partial charge in [0.2, 0.25) is 5.91 Å². The van der Waals surface area contributed by atoms with Crippen LogP contribution in [0.2, 0.25) is 0 Å². The Balaban J connectivity index is 1.27. The lowest BCUT2D eigenvalue weighted by molar-refractivity contribution is -0.187. The quantitative estimate of drug-likeness (QED) is 0.704. The van der Waals surface area contributed by atoms with Gasteiger partial charge in [0.1, 0.15) is 4.83 Å². The molecule has 1 spiro atoms. The van der Waals surface area contributed by atoms with Gasteiger partial charge in [-0.2, -0.15) is 0 Å². The van der Waals surface area contributed by atoms with Crippen LogP contribution >= 0.6 is 11.3 Å². The number of aromatic nitrogens is 2. The van der Waals surface area contributed by atoms with Gasteiger partial charge in [0.25, 0.3) is 5.56 Å². The zero-order chi connectivity index (χ0) is 22.5. The fourth-order valence-electron chi connectivity index (χ4n) is 5.36. The fraction of sp³-hybridized carbons (Fsp3) is 0.708. The van der Waals surface area contributed by atoms with Crippen molar-refractivity contribution < 1.29 is 14.3 Å². The third-order valence-electron chi connectivity index (χ3n) is 7.52. The normalized spacial score (nSPS) is 23.1. The van der Waals surface area contributed by atoms with Crippen LogP contribution in [-0.4, -0.2) is 52.4 Å². The van der Waals surface area contributed by atoms with Gasteiger partial charge in [0.05, 0.1) is 24.9 Å². The van der Waals surface area contributed by atoms with E-state index in [9.17, 15) is 9.59 Å². The topological polar surface area (TPSA) is 73.7 Å². The molecule has 2 aromatic heterocycles. The molecule has 0 N–H and O–H groups in total. The molecule has 8 heteroatoms. The summed E-state index contributed by atoms with van der Waals surface area (Å²) in [5.74, 6) is 0.226. The number of hydrogen-bond donors (Lipinski definition) is 0. The minimum Gasteiger partial charge on any atom is -0.347 e. The number of nitrogens with zero attached hydrogens (tertiary/aromatic N) is 3. The van der Waals surface area contributed by atoms with Crippen LogP contribution in [0.4, 0.5) is 0 Å². The van der Waals surface area contributed by atoms with E-state index in [-0.39, 0.29) is 16.9 Å².